The van der Waals surface area contributed by atoms with Gasteiger partial charge in [0.15, 0.2) is 0 Å². The molecule has 0 radical (unpaired) electrons. The van der Waals surface area contributed by atoms with Crippen molar-refractivity contribution in [2.45, 2.75) is 19.0 Å². The highest BCUT2D eigenvalue weighted by Crippen LogP contribution is 2.23. The van der Waals surface area contributed by atoms with E-state index in [0.29, 0.717) is 11.3 Å². The van der Waals surface area contributed by atoms with Gasteiger partial charge in [-0.15, -0.1) is 0 Å². The number of halogens is 3. The molecule has 0 spiro atoms. The Kier molecular flexibility index (Phi) is 3.38. The number of hydrogen-bond donors (Lipinski definition) is 0. The highest BCUT2D eigenvalue weighted by molar-refractivity contribution is 5.28. The van der Waals surface area contributed by atoms with Crippen molar-refractivity contribution < 1.29 is 17.9 Å². The summed E-state index contributed by atoms with van der Waals surface area (Å²) in [7, 11) is 1.49. The fraction of sp³-hybridized carbons (Fsp3) is 0.400. The summed E-state index contributed by atoms with van der Waals surface area (Å²) >= 11 is 0. The Morgan fingerprint density at radius 1 is 1.29 bits per heavy atom. The number of hydrogen-bond acceptors (Lipinski definition) is 1. The third kappa shape index (κ3) is 3.68. The number of benzene rings is 1. The molecule has 1 rings (SSSR count). The SMILES string of the molecule is COc1cccc(CCC(F)(F)F)c1. The molecule has 0 bridgehead atoms. The minimum atomic E-state index is -4.09. The maximum Gasteiger partial charge on any atom is 0.389 e. The molecule has 0 aliphatic rings. The lowest BCUT2D eigenvalue weighted by atomic mass is 10.1. The first-order chi connectivity index (χ1) is 6.51. The number of ether oxygens (including phenoxy) is 1. The summed E-state index contributed by atoms with van der Waals surface area (Å²) in [6.07, 6.45) is -4.88. The summed E-state index contributed by atoms with van der Waals surface area (Å²) in [5.74, 6) is 0.588. The Morgan fingerprint density at radius 2 is 2.00 bits per heavy atom. The van der Waals surface area contributed by atoms with Gasteiger partial charge >= 0.3 is 6.18 Å². The second kappa shape index (κ2) is 4.35. The molecule has 1 nitrogen and oxygen atoms in total. The Hall–Kier alpha value is -1.19. The van der Waals surface area contributed by atoms with Gasteiger partial charge in [-0.3, -0.25) is 0 Å². The van der Waals surface area contributed by atoms with Crippen molar-refractivity contribution in [2.75, 3.05) is 7.11 Å². The van der Waals surface area contributed by atoms with Gasteiger partial charge in [0.25, 0.3) is 0 Å². The Bertz CT molecular complexity index is 294. The van der Waals surface area contributed by atoms with E-state index in [-0.39, 0.29) is 6.42 Å². The van der Waals surface area contributed by atoms with E-state index in [9.17, 15) is 13.2 Å². The highest BCUT2D eigenvalue weighted by Gasteiger charge is 2.26. The largest absolute Gasteiger partial charge is 0.497 e. The van der Waals surface area contributed by atoms with Gasteiger partial charge in [-0.2, -0.15) is 13.2 Å². The molecule has 0 saturated carbocycles. The topological polar surface area (TPSA) is 9.23 Å². The van der Waals surface area contributed by atoms with Crippen LogP contribution in [0.3, 0.4) is 0 Å². The summed E-state index contributed by atoms with van der Waals surface area (Å²) in [5, 5.41) is 0. The average molecular weight is 204 g/mol. The minimum absolute atomic E-state index is 0.000694. The Balaban J connectivity index is 2.59. The van der Waals surface area contributed by atoms with Crippen molar-refractivity contribution in [1.82, 2.24) is 0 Å². The zero-order valence-electron chi connectivity index (χ0n) is 7.77. The van der Waals surface area contributed by atoms with Gasteiger partial charge in [-0.05, 0) is 24.1 Å². The van der Waals surface area contributed by atoms with Crippen LogP contribution in [0.15, 0.2) is 24.3 Å². The predicted octanol–water partition coefficient (Wildman–Crippen LogP) is 3.19. The Morgan fingerprint density at radius 3 is 2.57 bits per heavy atom. The van der Waals surface area contributed by atoms with Crippen molar-refractivity contribution in [3.05, 3.63) is 29.8 Å². The number of methoxy groups -OCH3 is 1. The van der Waals surface area contributed by atoms with Crippen LogP contribution in [0.2, 0.25) is 0 Å². The molecule has 4 heteroatoms. The summed E-state index contributed by atoms with van der Waals surface area (Å²) in [5.41, 5.74) is 0.640. The van der Waals surface area contributed by atoms with Crippen molar-refractivity contribution in [1.29, 1.82) is 0 Å². The molecule has 0 saturated heterocycles. The van der Waals surface area contributed by atoms with Crippen molar-refractivity contribution in [2.24, 2.45) is 0 Å². The first-order valence-corrected chi connectivity index (χ1v) is 4.21. The van der Waals surface area contributed by atoms with Gasteiger partial charge in [0, 0.05) is 6.42 Å². The van der Waals surface area contributed by atoms with Crippen molar-refractivity contribution >= 4 is 0 Å². The van der Waals surface area contributed by atoms with E-state index in [0.717, 1.165) is 0 Å². The highest BCUT2D eigenvalue weighted by atomic mass is 19.4. The van der Waals surface area contributed by atoms with E-state index in [1.54, 1.807) is 24.3 Å². The van der Waals surface area contributed by atoms with E-state index in [1.165, 1.54) is 7.11 Å². The molecular formula is C10H11F3O. The molecule has 1 aromatic carbocycles. The molecule has 0 aromatic heterocycles. The standard InChI is InChI=1S/C10H11F3O/c1-14-9-4-2-3-8(7-9)5-6-10(11,12)13/h2-4,7H,5-6H2,1H3. The summed E-state index contributed by atoms with van der Waals surface area (Å²) < 4.78 is 40.6. The first kappa shape index (κ1) is 10.9. The fourth-order valence-corrected chi connectivity index (χ4v) is 1.11. The zero-order valence-corrected chi connectivity index (χ0v) is 7.77. The van der Waals surface area contributed by atoms with Crippen LogP contribution >= 0.6 is 0 Å². The monoisotopic (exact) mass is 204 g/mol. The van der Waals surface area contributed by atoms with Crippen LogP contribution in [-0.4, -0.2) is 13.3 Å². The molecule has 1 aromatic rings. The normalized spacial score (nSPS) is 11.4. The van der Waals surface area contributed by atoms with Crippen LogP contribution in [0.4, 0.5) is 13.2 Å². The lowest BCUT2D eigenvalue weighted by Crippen LogP contribution is -2.08. The van der Waals surface area contributed by atoms with Crippen LogP contribution in [0.1, 0.15) is 12.0 Å². The third-order valence-electron chi connectivity index (χ3n) is 1.83. The molecule has 0 atom stereocenters. The van der Waals surface area contributed by atoms with Crippen LogP contribution in [-0.2, 0) is 6.42 Å². The van der Waals surface area contributed by atoms with Gasteiger partial charge in [0.2, 0.25) is 0 Å². The van der Waals surface area contributed by atoms with Gasteiger partial charge in [-0.1, -0.05) is 12.1 Å². The maximum absolute atomic E-state index is 11.9. The lowest BCUT2D eigenvalue weighted by Gasteiger charge is -2.07. The van der Waals surface area contributed by atoms with E-state index in [4.69, 9.17) is 4.74 Å². The van der Waals surface area contributed by atoms with Gasteiger partial charge in [-0.25, -0.2) is 0 Å². The minimum Gasteiger partial charge on any atom is -0.497 e. The first-order valence-electron chi connectivity index (χ1n) is 4.21. The lowest BCUT2D eigenvalue weighted by molar-refractivity contribution is -0.134. The van der Waals surface area contributed by atoms with Gasteiger partial charge in [0.05, 0.1) is 7.11 Å². The van der Waals surface area contributed by atoms with Crippen LogP contribution in [0.5, 0.6) is 5.75 Å². The third-order valence-corrected chi connectivity index (χ3v) is 1.83. The molecule has 0 amide bonds. The average Bonchev–Trinajstić information content (AvgIpc) is 2.14. The number of rotatable bonds is 3. The van der Waals surface area contributed by atoms with E-state index in [2.05, 4.69) is 0 Å². The molecule has 0 fully saturated rings. The van der Waals surface area contributed by atoms with Gasteiger partial charge in [0.1, 0.15) is 5.75 Å². The molecule has 0 heterocycles. The van der Waals surface area contributed by atoms with E-state index < -0.39 is 12.6 Å². The van der Waals surface area contributed by atoms with Crippen LogP contribution < -0.4 is 4.74 Å². The molecular weight excluding hydrogens is 193 g/mol. The molecule has 0 aliphatic carbocycles. The molecule has 0 N–H and O–H groups in total. The maximum atomic E-state index is 11.9. The van der Waals surface area contributed by atoms with Gasteiger partial charge < -0.3 is 4.74 Å². The quantitative estimate of drug-likeness (QED) is 0.734. The van der Waals surface area contributed by atoms with Crippen molar-refractivity contribution in [3.8, 4) is 5.75 Å². The van der Waals surface area contributed by atoms with E-state index in [1.807, 2.05) is 0 Å². The zero-order chi connectivity index (χ0) is 10.6. The predicted molar refractivity (Wildman–Crippen MR) is 47.4 cm³/mol. The van der Waals surface area contributed by atoms with Crippen molar-refractivity contribution in [3.63, 3.8) is 0 Å². The smallest absolute Gasteiger partial charge is 0.389 e. The molecule has 0 unspecified atom stereocenters. The van der Waals surface area contributed by atoms with Crippen LogP contribution in [0, 0.1) is 0 Å². The molecule has 14 heavy (non-hydrogen) atoms. The van der Waals surface area contributed by atoms with Crippen LogP contribution in [0.25, 0.3) is 0 Å². The molecule has 0 aliphatic heterocycles. The summed E-state index contributed by atoms with van der Waals surface area (Å²) in [6.45, 7) is 0. The summed E-state index contributed by atoms with van der Waals surface area (Å²) in [4.78, 5) is 0. The number of aryl methyl sites for hydroxylation is 1. The Labute approximate surface area is 80.5 Å². The fourth-order valence-electron chi connectivity index (χ4n) is 1.11. The van der Waals surface area contributed by atoms with E-state index >= 15 is 0 Å². The summed E-state index contributed by atoms with van der Waals surface area (Å²) in [6, 6.07) is 6.67. The molecule has 78 valence electrons. The second-order valence-electron chi connectivity index (χ2n) is 2.97. The second-order valence-corrected chi connectivity index (χ2v) is 2.97. The number of alkyl halides is 3.